The van der Waals surface area contributed by atoms with Crippen molar-refractivity contribution in [3.05, 3.63) is 0 Å². The topological polar surface area (TPSA) is 55.6 Å². The highest BCUT2D eigenvalue weighted by molar-refractivity contribution is 7.80. The second-order valence-electron chi connectivity index (χ2n) is 5.16. The van der Waals surface area contributed by atoms with Gasteiger partial charge in [0.15, 0.2) is 0 Å². The molecule has 1 amide bonds. The summed E-state index contributed by atoms with van der Waals surface area (Å²) in [6, 6.07) is 0. The van der Waals surface area contributed by atoms with Crippen molar-refractivity contribution in [3.8, 4) is 0 Å². The van der Waals surface area contributed by atoms with Crippen LogP contribution in [0.5, 0.6) is 0 Å². The Morgan fingerprint density at radius 2 is 2.29 bits per heavy atom. The number of amides is 1. The van der Waals surface area contributed by atoms with Gasteiger partial charge in [-0.15, -0.1) is 0 Å². The maximum atomic E-state index is 12.5. The number of hydrogen-bond donors (Lipinski definition) is 1. The fourth-order valence-corrected chi connectivity index (χ4v) is 3.08. The van der Waals surface area contributed by atoms with Crippen LogP contribution in [0.15, 0.2) is 0 Å². The Bertz CT molecular complexity index is 328. The van der Waals surface area contributed by atoms with E-state index in [1.165, 1.54) is 0 Å². The van der Waals surface area contributed by atoms with Crippen molar-refractivity contribution in [1.82, 2.24) is 4.90 Å². The molecule has 1 heterocycles. The van der Waals surface area contributed by atoms with Crippen molar-refractivity contribution in [2.75, 3.05) is 26.8 Å². The zero-order valence-electron chi connectivity index (χ0n) is 10.3. The predicted molar refractivity (Wildman–Crippen MR) is 69.6 cm³/mol. The lowest BCUT2D eigenvalue weighted by atomic mass is 9.67. The molecule has 2 aliphatic rings. The van der Waals surface area contributed by atoms with Crippen LogP contribution < -0.4 is 5.73 Å². The molecular weight excluding hydrogens is 236 g/mol. The van der Waals surface area contributed by atoms with Crippen molar-refractivity contribution in [2.45, 2.75) is 25.7 Å². The number of nitrogens with zero attached hydrogens (tertiary/aromatic N) is 1. The van der Waals surface area contributed by atoms with Gasteiger partial charge in [-0.25, -0.2) is 0 Å². The minimum absolute atomic E-state index is 0.148. The van der Waals surface area contributed by atoms with Gasteiger partial charge in [0.05, 0.1) is 17.0 Å². The summed E-state index contributed by atoms with van der Waals surface area (Å²) in [7, 11) is 1.70. The Labute approximate surface area is 107 Å². The average Bonchev–Trinajstić information content (AvgIpc) is 2.64. The summed E-state index contributed by atoms with van der Waals surface area (Å²) in [5, 5.41) is 0. The summed E-state index contributed by atoms with van der Waals surface area (Å²) in [5.41, 5.74) is 5.24. The lowest BCUT2D eigenvalue weighted by molar-refractivity contribution is -0.141. The van der Waals surface area contributed by atoms with Crippen LogP contribution in [-0.2, 0) is 9.53 Å². The maximum absolute atomic E-state index is 12.5. The molecular formula is C12H20N2O2S. The fraction of sp³-hybridized carbons (Fsp3) is 0.833. The quantitative estimate of drug-likeness (QED) is 0.761. The molecule has 0 bridgehead atoms. The average molecular weight is 256 g/mol. The predicted octanol–water partition coefficient (Wildman–Crippen LogP) is 0.938. The van der Waals surface area contributed by atoms with Crippen LogP contribution in [0.4, 0.5) is 0 Å². The van der Waals surface area contributed by atoms with E-state index in [2.05, 4.69) is 0 Å². The number of ether oxygens (including phenoxy) is 1. The van der Waals surface area contributed by atoms with Gasteiger partial charge in [-0.2, -0.15) is 0 Å². The lowest BCUT2D eigenvalue weighted by Crippen LogP contribution is -2.54. The second-order valence-corrected chi connectivity index (χ2v) is 5.60. The Morgan fingerprint density at radius 1 is 1.59 bits per heavy atom. The SMILES string of the molecule is COCC1CCN(C(=O)C2(C(N)=S)CCC2)C1. The molecule has 1 saturated carbocycles. The lowest BCUT2D eigenvalue weighted by Gasteiger charge is -2.41. The van der Waals surface area contributed by atoms with Crippen molar-refractivity contribution >= 4 is 23.1 Å². The standard InChI is InChI=1S/C12H20N2O2S/c1-16-8-9-3-6-14(7-9)11(15)12(10(13)17)4-2-5-12/h9H,2-8H2,1H3,(H2,13,17). The third-order valence-electron chi connectivity index (χ3n) is 4.06. The number of nitrogens with two attached hydrogens (primary N) is 1. The van der Waals surface area contributed by atoms with Crippen LogP contribution in [0.2, 0.25) is 0 Å². The van der Waals surface area contributed by atoms with Gasteiger partial charge in [0, 0.05) is 26.1 Å². The molecule has 0 radical (unpaired) electrons. The molecule has 17 heavy (non-hydrogen) atoms. The number of likely N-dealkylation sites (tertiary alicyclic amines) is 1. The molecule has 2 rings (SSSR count). The highest BCUT2D eigenvalue weighted by Crippen LogP contribution is 2.43. The van der Waals surface area contributed by atoms with Crippen molar-refractivity contribution in [3.63, 3.8) is 0 Å². The van der Waals surface area contributed by atoms with Gasteiger partial charge in [0.2, 0.25) is 5.91 Å². The molecule has 0 aromatic heterocycles. The molecule has 4 nitrogen and oxygen atoms in total. The first-order valence-electron chi connectivity index (χ1n) is 6.18. The first-order valence-corrected chi connectivity index (χ1v) is 6.59. The molecule has 2 fully saturated rings. The van der Waals surface area contributed by atoms with Gasteiger partial charge in [-0.3, -0.25) is 4.79 Å². The van der Waals surface area contributed by atoms with E-state index in [9.17, 15) is 4.79 Å². The Hall–Kier alpha value is -0.680. The van der Waals surface area contributed by atoms with Gasteiger partial charge in [-0.1, -0.05) is 18.6 Å². The first-order chi connectivity index (χ1) is 8.10. The van der Waals surface area contributed by atoms with Crippen molar-refractivity contribution in [2.24, 2.45) is 17.1 Å². The summed E-state index contributed by atoms with van der Waals surface area (Å²) in [6.07, 6.45) is 3.73. The smallest absolute Gasteiger partial charge is 0.235 e. The highest BCUT2D eigenvalue weighted by atomic mass is 32.1. The number of hydrogen-bond acceptors (Lipinski definition) is 3. The molecule has 1 aliphatic heterocycles. The highest BCUT2D eigenvalue weighted by Gasteiger charge is 2.49. The number of rotatable bonds is 4. The third-order valence-corrected chi connectivity index (χ3v) is 4.45. The summed E-state index contributed by atoms with van der Waals surface area (Å²) in [5.74, 6) is 0.613. The Balaban J connectivity index is 1.99. The molecule has 2 N–H and O–H groups in total. The van der Waals surface area contributed by atoms with Crippen molar-refractivity contribution in [1.29, 1.82) is 0 Å². The maximum Gasteiger partial charge on any atom is 0.235 e. The van der Waals surface area contributed by atoms with Crippen LogP contribution in [0, 0.1) is 11.3 Å². The molecule has 1 atom stereocenters. The van der Waals surface area contributed by atoms with Crippen LogP contribution >= 0.6 is 12.2 Å². The molecule has 1 unspecified atom stereocenters. The van der Waals surface area contributed by atoms with E-state index in [0.29, 0.717) is 10.9 Å². The zero-order valence-corrected chi connectivity index (χ0v) is 11.1. The van der Waals surface area contributed by atoms with E-state index >= 15 is 0 Å². The van der Waals surface area contributed by atoms with E-state index in [-0.39, 0.29) is 5.91 Å². The molecule has 1 aliphatic carbocycles. The minimum Gasteiger partial charge on any atom is -0.392 e. The third kappa shape index (κ3) is 2.18. The molecule has 1 saturated heterocycles. The normalized spacial score (nSPS) is 26.6. The zero-order chi connectivity index (χ0) is 12.5. The summed E-state index contributed by atoms with van der Waals surface area (Å²) in [4.78, 5) is 14.8. The molecule has 5 heteroatoms. The van der Waals surface area contributed by atoms with E-state index in [1.54, 1.807) is 7.11 Å². The summed E-state index contributed by atoms with van der Waals surface area (Å²) in [6.45, 7) is 2.33. The minimum atomic E-state index is -0.517. The van der Waals surface area contributed by atoms with Crippen LogP contribution in [0.3, 0.4) is 0 Å². The van der Waals surface area contributed by atoms with Crippen LogP contribution in [0.25, 0.3) is 0 Å². The number of carbonyl (C=O) groups excluding carboxylic acids is 1. The van der Waals surface area contributed by atoms with Crippen molar-refractivity contribution < 1.29 is 9.53 Å². The van der Waals surface area contributed by atoms with Crippen LogP contribution in [0.1, 0.15) is 25.7 Å². The number of methoxy groups -OCH3 is 1. The molecule has 0 spiro atoms. The fourth-order valence-electron chi connectivity index (χ4n) is 2.79. The molecule has 96 valence electrons. The van der Waals surface area contributed by atoms with E-state index in [0.717, 1.165) is 45.4 Å². The Morgan fingerprint density at radius 3 is 2.76 bits per heavy atom. The monoisotopic (exact) mass is 256 g/mol. The second kappa shape index (κ2) is 4.90. The largest absolute Gasteiger partial charge is 0.392 e. The van der Waals surface area contributed by atoms with E-state index in [4.69, 9.17) is 22.7 Å². The molecule has 0 aromatic rings. The van der Waals surface area contributed by atoms with Crippen LogP contribution in [-0.4, -0.2) is 42.6 Å². The van der Waals surface area contributed by atoms with Gasteiger partial charge in [-0.05, 0) is 19.3 Å². The summed E-state index contributed by atoms with van der Waals surface area (Å²) < 4.78 is 5.14. The van der Waals surface area contributed by atoms with E-state index in [1.807, 2.05) is 4.90 Å². The van der Waals surface area contributed by atoms with Gasteiger partial charge in [0.1, 0.15) is 0 Å². The number of thiocarbonyl (C=S) groups is 1. The Kier molecular flexibility index (Phi) is 3.68. The number of carbonyl (C=O) groups is 1. The van der Waals surface area contributed by atoms with E-state index < -0.39 is 5.41 Å². The van der Waals surface area contributed by atoms with Gasteiger partial charge >= 0.3 is 0 Å². The molecule has 0 aromatic carbocycles. The summed E-state index contributed by atoms with van der Waals surface area (Å²) >= 11 is 5.08. The van der Waals surface area contributed by atoms with Gasteiger partial charge < -0.3 is 15.4 Å². The first kappa shape index (κ1) is 12.8. The van der Waals surface area contributed by atoms with Gasteiger partial charge in [0.25, 0.3) is 0 Å².